The highest BCUT2D eigenvalue weighted by Gasteiger charge is 2.14. The molecule has 0 aliphatic carbocycles. The largest absolute Gasteiger partial charge is 0.379 e. The van der Waals surface area contributed by atoms with E-state index < -0.39 is 0 Å². The Kier molecular flexibility index (Phi) is 5.71. The number of amides is 1. The molecular formula is C26H26N4O2. The molecule has 3 aromatic carbocycles. The predicted molar refractivity (Wildman–Crippen MR) is 126 cm³/mol. The summed E-state index contributed by atoms with van der Waals surface area (Å²) in [5.41, 5.74) is 5.45. The summed E-state index contributed by atoms with van der Waals surface area (Å²) in [7, 11) is 0. The Morgan fingerprint density at radius 2 is 1.75 bits per heavy atom. The number of carbonyl (C=O) groups excluding carboxylic acids is 1. The van der Waals surface area contributed by atoms with E-state index in [4.69, 9.17) is 4.74 Å². The lowest BCUT2D eigenvalue weighted by Gasteiger charge is -2.26. The van der Waals surface area contributed by atoms with Crippen LogP contribution >= 0.6 is 0 Å². The average molecular weight is 427 g/mol. The molecule has 4 aromatic rings. The number of para-hydroxylation sites is 1. The van der Waals surface area contributed by atoms with Gasteiger partial charge in [-0.3, -0.25) is 14.3 Å². The monoisotopic (exact) mass is 426 g/mol. The van der Waals surface area contributed by atoms with Crippen LogP contribution in [0.1, 0.15) is 21.7 Å². The number of fused-ring (bicyclic) bond motifs is 1. The molecule has 0 radical (unpaired) electrons. The summed E-state index contributed by atoms with van der Waals surface area (Å²) in [5.74, 6) is 0.749. The molecule has 2 heterocycles. The van der Waals surface area contributed by atoms with Crippen LogP contribution in [0.15, 0.2) is 72.8 Å². The van der Waals surface area contributed by atoms with Crippen molar-refractivity contribution in [3.05, 3.63) is 89.7 Å². The minimum Gasteiger partial charge on any atom is -0.379 e. The fourth-order valence-corrected chi connectivity index (χ4v) is 4.16. The molecule has 1 aliphatic rings. The number of rotatable bonds is 5. The number of morpholine rings is 1. The number of nitrogens with zero attached hydrogens (tertiary/aromatic N) is 3. The highest BCUT2D eigenvalue weighted by molar-refractivity contribution is 6.06. The van der Waals surface area contributed by atoms with Crippen molar-refractivity contribution in [1.82, 2.24) is 14.5 Å². The second-order valence-electron chi connectivity index (χ2n) is 8.07. The van der Waals surface area contributed by atoms with E-state index in [0.29, 0.717) is 5.56 Å². The molecule has 1 N–H and O–H groups in total. The maximum absolute atomic E-state index is 12.9. The molecule has 6 nitrogen and oxygen atoms in total. The number of aryl methyl sites for hydroxylation is 1. The molecule has 32 heavy (non-hydrogen) atoms. The van der Waals surface area contributed by atoms with E-state index in [-0.39, 0.29) is 5.91 Å². The van der Waals surface area contributed by atoms with Crippen molar-refractivity contribution in [3.63, 3.8) is 0 Å². The molecule has 1 aromatic heterocycles. The molecule has 1 saturated heterocycles. The molecule has 1 fully saturated rings. The number of hydrogen-bond donors (Lipinski definition) is 1. The van der Waals surface area contributed by atoms with Crippen molar-refractivity contribution in [1.29, 1.82) is 0 Å². The van der Waals surface area contributed by atoms with Gasteiger partial charge in [0.25, 0.3) is 5.91 Å². The van der Waals surface area contributed by atoms with Gasteiger partial charge in [-0.05, 0) is 55.0 Å². The van der Waals surface area contributed by atoms with E-state index in [1.54, 1.807) is 0 Å². The Balaban J connectivity index is 1.30. The van der Waals surface area contributed by atoms with E-state index in [1.165, 1.54) is 5.56 Å². The molecule has 5 rings (SSSR count). The third kappa shape index (κ3) is 4.28. The number of hydrogen-bond acceptors (Lipinski definition) is 4. The lowest BCUT2D eigenvalue weighted by atomic mass is 10.1. The van der Waals surface area contributed by atoms with Gasteiger partial charge in [-0.15, -0.1) is 0 Å². The van der Waals surface area contributed by atoms with Crippen LogP contribution in [0, 0.1) is 6.92 Å². The quantitative estimate of drug-likeness (QED) is 0.513. The molecule has 1 aliphatic heterocycles. The summed E-state index contributed by atoms with van der Waals surface area (Å²) >= 11 is 0. The average Bonchev–Trinajstić information content (AvgIpc) is 3.16. The van der Waals surface area contributed by atoms with Gasteiger partial charge in [0.05, 0.1) is 24.2 Å². The van der Waals surface area contributed by atoms with Crippen molar-refractivity contribution < 1.29 is 9.53 Å². The summed E-state index contributed by atoms with van der Waals surface area (Å²) in [6.07, 6.45) is 0. The molecule has 0 atom stereocenters. The fourth-order valence-electron chi connectivity index (χ4n) is 4.16. The van der Waals surface area contributed by atoms with Crippen LogP contribution in [0.2, 0.25) is 0 Å². The Bertz CT molecular complexity index is 1230. The van der Waals surface area contributed by atoms with Crippen LogP contribution in [-0.4, -0.2) is 46.7 Å². The first kappa shape index (κ1) is 20.4. The van der Waals surface area contributed by atoms with Crippen LogP contribution in [-0.2, 0) is 11.3 Å². The summed E-state index contributed by atoms with van der Waals surface area (Å²) in [6.45, 7) is 6.38. The highest BCUT2D eigenvalue weighted by atomic mass is 16.5. The first-order chi connectivity index (χ1) is 15.7. The third-order valence-electron chi connectivity index (χ3n) is 5.82. The number of aromatic nitrogens is 2. The molecule has 0 saturated carbocycles. The van der Waals surface area contributed by atoms with Crippen LogP contribution in [0.4, 0.5) is 5.69 Å². The van der Waals surface area contributed by atoms with Gasteiger partial charge in [0.15, 0.2) is 0 Å². The van der Waals surface area contributed by atoms with Crippen LogP contribution in [0.25, 0.3) is 16.7 Å². The van der Waals surface area contributed by atoms with E-state index >= 15 is 0 Å². The smallest absolute Gasteiger partial charge is 0.255 e. The number of anilines is 1. The molecule has 162 valence electrons. The molecule has 0 unspecified atom stereocenters. The zero-order valence-corrected chi connectivity index (χ0v) is 18.1. The van der Waals surface area contributed by atoms with Crippen molar-refractivity contribution in [3.8, 4) is 5.69 Å². The third-order valence-corrected chi connectivity index (χ3v) is 5.82. The van der Waals surface area contributed by atoms with Crippen molar-refractivity contribution in [2.45, 2.75) is 13.5 Å². The van der Waals surface area contributed by atoms with Gasteiger partial charge < -0.3 is 10.1 Å². The normalized spacial score (nSPS) is 14.5. The number of ether oxygens (including phenoxy) is 1. The summed E-state index contributed by atoms with van der Waals surface area (Å²) in [4.78, 5) is 19.9. The van der Waals surface area contributed by atoms with Crippen molar-refractivity contribution >= 4 is 22.6 Å². The predicted octanol–water partition coefficient (Wildman–Crippen LogP) is 4.42. The molecular weight excluding hydrogens is 400 g/mol. The standard InChI is InChI=1S/C26H26N4O2/c1-19-27-24-17-21(9-12-25(24)30(19)23-5-3-2-4-6-23)26(31)28-22-10-7-20(8-11-22)18-29-13-15-32-16-14-29/h2-12,17H,13-16,18H2,1H3,(H,28,31). The molecule has 0 spiro atoms. The van der Waals surface area contributed by atoms with Gasteiger partial charge >= 0.3 is 0 Å². The number of nitrogens with one attached hydrogen (secondary N) is 1. The lowest BCUT2D eigenvalue weighted by Crippen LogP contribution is -2.35. The fraction of sp³-hybridized carbons (Fsp3) is 0.231. The van der Waals surface area contributed by atoms with Gasteiger partial charge in [0, 0.05) is 36.6 Å². The van der Waals surface area contributed by atoms with Gasteiger partial charge in [-0.2, -0.15) is 0 Å². The van der Waals surface area contributed by atoms with Gasteiger partial charge in [-0.25, -0.2) is 4.98 Å². The van der Waals surface area contributed by atoms with Gasteiger partial charge in [0.2, 0.25) is 0 Å². The van der Waals surface area contributed by atoms with Gasteiger partial charge in [0.1, 0.15) is 5.82 Å². The zero-order valence-electron chi connectivity index (χ0n) is 18.1. The lowest BCUT2D eigenvalue weighted by molar-refractivity contribution is 0.0342. The zero-order chi connectivity index (χ0) is 21.9. The van der Waals surface area contributed by atoms with Crippen LogP contribution in [0.3, 0.4) is 0 Å². The molecule has 0 bridgehead atoms. The second-order valence-corrected chi connectivity index (χ2v) is 8.07. The number of imidazole rings is 1. The summed E-state index contributed by atoms with van der Waals surface area (Å²) < 4.78 is 7.51. The van der Waals surface area contributed by atoms with E-state index in [0.717, 1.165) is 61.1 Å². The molecule has 1 amide bonds. The number of benzene rings is 3. The van der Waals surface area contributed by atoms with E-state index in [9.17, 15) is 4.79 Å². The Hall–Kier alpha value is -3.48. The van der Waals surface area contributed by atoms with Crippen molar-refractivity contribution in [2.24, 2.45) is 0 Å². The Morgan fingerprint density at radius 3 is 2.50 bits per heavy atom. The Morgan fingerprint density at radius 1 is 1.00 bits per heavy atom. The minimum absolute atomic E-state index is 0.139. The van der Waals surface area contributed by atoms with E-state index in [2.05, 4.69) is 44.0 Å². The second kappa shape index (κ2) is 8.94. The minimum atomic E-state index is -0.139. The summed E-state index contributed by atoms with van der Waals surface area (Å²) in [5, 5.41) is 3.00. The van der Waals surface area contributed by atoms with Crippen molar-refractivity contribution in [2.75, 3.05) is 31.6 Å². The number of carbonyl (C=O) groups is 1. The highest BCUT2D eigenvalue weighted by Crippen LogP contribution is 2.23. The van der Waals surface area contributed by atoms with Crippen LogP contribution < -0.4 is 5.32 Å². The topological polar surface area (TPSA) is 59.4 Å². The maximum atomic E-state index is 12.9. The maximum Gasteiger partial charge on any atom is 0.255 e. The SMILES string of the molecule is Cc1nc2cc(C(=O)Nc3ccc(CN4CCOCC4)cc3)ccc2n1-c1ccccc1. The first-order valence-electron chi connectivity index (χ1n) is 10.9. The van der Waals surface area contributed by atoms with E-state index in [1.807, 2.05) is 55.5 Å². The summed E-state index contributed by atoms with van der Waals surface area (Å²) in [6, 6.07) is 23.8. The Labute approximate surface area is 187 Å². The van der Waals surface area contributed by atoms with Gasteiger partial charge in [-0.1, -0.05) is 30.3 Å². The first-order valence-corrected chi connectivity index (χ1v) is 10.9. The molecule has 6 heteroatoms. The van der Waals surface area contributed by atoms with Crippen LogP contribution in [0.5, 0.6) is 0 Å².